The minimum absolute atomic E-state index is 0.0435. The Kier molecular flexibility index (Phi) is 2.29. The van der Waals surface area contributed by atoms with Crippen molar-refractivity contribution in [2.75, 3.05) is 0 Å². The van der Waals surface area contributed by atoms with E-state index in [1.165, 1.54) is 0 Å². The van der Waals surface area contributed by atoms with E-state index in [-0.39, 0.29) is 12.2 Å². The molecule has 0 saturated heterocycles. The summed E-state index contributed by atoms with van der Waals surface area (Å²) in [5, 5.41) is 8.31. The van der Waals surface area contributed by atoms with E-state index in [0.717, 1.165) is 11.4 Å². The first-order chi connectivity index (χ1) is 5.65. The summed E-state index contributed by atoms with van der Waals surface area (Å²) in [7, 11) is 0. The predicted molar refractivity (Wildman–Crippen MR) is 44.8 cm³/mol. The first-order valence-corrected chi connectivity index (χ1v) is 3.71. The van der Waals surface area contributed by atoms with Crippen LogP contribution in [0.2, 0.25) is 0 Å². The summed E-state index contributed by atoms with van der Waals surface area (Å²) in [6.07, 6.45) is -0.0435. The Morgan fingerprint density at radius 1 is 1.67 bits per heavy atom. The smallest absolute Gasteiger partial charge is 0.178 e. The molecule has 0 aliphatic rings. The molecule has 0 aliphatic heterocycles. The molecule has 3 nitrogen and oxygen atoms in total. The maximum Gasteiger partial charge on any atom is 0.178 e. The van der Waals surface area contributed by atoms with Gasteiger partial charge in [0, 0.05) is 17.0 Å². The van der Waals surface area contributed by atoms with Crippen LogP contribution in [0.25, 0.3) is 0 Å². The molecular weight excluding hydrogens is 152 g/mol. The number of aromatic amines is 1. The van der Waals surface area contributed by atoms with Gasteiger partial charge < -0.3 is 4.98 Å². The summed E-state index contributed by atoms with van der Waals surface area (Å²) in [5.74, 6) is -0.112. The van der Waals surface area contributed by atoms with E-state index in [1.54, 1.807) is 6.07 Å². The number of aryl methyl sites for hydroxylation is 2. The number of ketones is 1. The Morgan fingerprint density at radius 2 is 2.33 bits per heavy atom. The van der Waals surface area contributed by atoms with Crippen LogP contribution >= 0.6 is 0 Å². The highest BCUT2D eigenvalue weighted by Crippen LogP contribution is 2.11. The van der Waals surface area contributed by atoms with Crippen molar-refractivity contribution < 1.29 is 4.79 Å². The van der Waals surface area contributed by atoms with Crippen LogP contribution in [-0.2, 0) is 0 Å². The van der Waals surface area contributed by atoms with E-state index in [1.807, 2.05) is 19.9 Å². The first-order valence-electron chi connectivity index (χ1n) is 3.71. The topological polar surface area (TPSA) is 56.6 Å². The molecule has 0 aliphatic carbocycles. The number of hydrogen-bond acceptors (Lipinski definition) is 2. The zero-order valence-corrected chi connectivity index (χ0v) is 7.14. The number of aromatic nitrogens is 1. The van der Waals surface area contributed by atoms with Gasteiger partial charge in [-0.1, -0.05) is 0 Å². The van der Waals surface area contributed by atoms with Gasteiger partial charge in [0.05, 0.1) is 12.5 Å². The number of nitrogens with zero attached hydrogens (tertiary/aromatic N) is 1. The number of hydrogen-bond donors (Lipinski definition) is 1. The molecule has 0 radical (unpaired) electrons. The van der Waals surface area contributed by atoms with Gasteiger partial charge in [0.25, 0.3) is 0 Å². The lowest BCUT2D eigenvalue weighted by Gasteiger charge is -1.91. The van der Waals surface area contributed by atoms with Crippen molar-refractivity contribution in [3.63, 3.8) is 0 Å². The van der Waals surface area contributed by atoms with E-state index in [9.17, 15) is 4.79 Å². The average molecular weight is 162 g/mol. The highest BCUT2D eigenvalue weighted by atomic mass is 16.1. The van der Waals surface area contributed by atoms with Gasteiger partial charge in [-0.2, -0.15) is 5.26 Å². The zero-order valence-electron chi connectivity index (χ0n) is 7.14. The van der Waals surface area contributed by atoms with Crippen molar-refractivity contribution in [1.82, 2.24) is 4.98 Å². The SMILES string of the molecule is Cc1cc(C(=O)CC#N)c(C)[nH]1. The van der Waals surface area contributed by atoms with Crippen molar-refractivity contribution in [3.8, 4) is 6.07 Å². The average Bonchev–Trinajstić information content (AvgIpc) is 2.30. The lowest BCUT2D eigenvalue weighted by atomic mass is 10.1. The highest BCUT2D eigenvalue weighted by Gasteiger charge is 2.09. The van der Waals surface area contributed by atoms with E-state index in [0.29, 0.717) is 5.56 Å². The summed E-state index contributed by atoms with van der Waals surface area (Å²) < 4.78 is 0. The zero-order chi connectivity index (χ0) is 9.14. The maximum atomic E-state index is 11.2. The standard InChI is InChI=1S/C9H10N2O/c1-6-5-8(7(2)11-6)9(12)3-4-10/h5,11H,3H2,1-2H3. The summed E-state index contributed by atoms with van der Waals surface area (Å²) in [6.45, 7) is 3.72. The molecule has 1 aromatic heterocycles. The van der Waals surface area contributed by atoms with Gasteiger partial charge in [-0.05, 0) is 19.9 Å². The molecule has 0 saturated carbocycles. The molecule has 12 heavy (non-hydrogen) atoms. The van der Waals surface area contributed by atoms with Crippen molar-refractivity contribution in [2.45, 2.75) is 20.3 Å². The van der Waals surface area contributed by atoms with Crippen LogP contribution in [-0.4, -0.2) is 10.8 Å². The van der Waals surface area contributed by atoms with Crippen LogP contribution in [0.15, 0.2) is 6.07 Å². The fraction of sp³-hybridized carbons (Fsp3) is 0.333. The molecule has 0 atom stereocenters. The Morgan fingerprint density at radius 3 is 2.75 bits per heavy atom. The van der Waals surface area contributed by atoms with Crippen LogP contribution in [0.1, 0.15) is 28.2 Å². The molecule has 0 bridgehead atoms. The lowest BCUT2D eigenvalue weighted by Crippen LogP contribution is -1.97. The van der Waals surface area contributed by atoms with Gasteiger partial charge >= 0.3 is 0 Å². The van der Waals surface area contributed by atoms with Gasteiger partial charge in [0.2, 0.25) is 0 Å². The molecule has 62 valence electrons. The molecule has 0 amide bonds. The molecule has 0 fully saturated rings. The third kappa shape index (κ3) is 1.54. The number of rotatable bonds is 2. The fourth-order valence-corrected chi connectivity index (χ4v) is 1.18. The second-order valence-electron chi connectivity index (χ2n) is 2.75. The number of nitriles is 1. The molecule has 0 aromatic carbocycles. The second-order valence-corrected chi connectivity index (χ2v) is 2.75. The summed E-state index contributed by atoms with van der Waals surface area (Å²) >= 11 is 0. The summed E-state index contributed by atoms with van der Waals surface area (Å²) in [6, 6.07) is 3.61. The number of carbonyl (C=O) groups excluding carboxylic acids is 1. The Bertz CT molecular complexity index is 344. The molecular formula is C9H10N2O. The summed E-state index contributed by atoms with van der Waals surface area (Å²) in [5.41, 5.74) is 2.43. The summed E-state index contributed by atoms with van der Waals surface area (Å²) in [4.78, 5) is 14.3. The van der Waals surface area contributed by atoms with Gasteiger partial charge in [-0.3, -0.25) is 4.79 Å². The Labute approximate surface area is 71.0 Å². The van der Waals surface area contributed by atoms with Crippen LogP contribution < -0.4 is 0 Å². The quantitative estimate of drug-likeness (QED) is 0.673. The van der Waals surface area contributed by atoms with Crippen molar-refractivity contribution >= 4 is 5.78 Å². The fourth-order valence-electron chi connectivity index (χ4n) is 1.18. The number of nitrogens with one attached hydrogen (secondary N) is 1. The van der Waals surface area contributed by atoms with E-state index in [4.69, 9.17) is 5.26 Å². The Balaban J connectivity index is 2.96. The van der Waals surface area contributed by atoms with Crippen molar-refractivity contribution in [2.24, 2.45) is 0 Å². The molecule has 1 N–H and O–H groups in total. The maximum absolute atomic E-state index is 11.2. The monoisotopic (exact) mass is 162 g/mol. The second kappa shape index (κ2) is 3.22. The lowest BCUT2D eigenvalue weighted by molar-refractivity contribution is 0.0997. The molecule has 0 unspecified atom stereocenters. The van der Waals surface area contributed by atoms with Crippen molar-refractivity contribution in [3.05, 3.63) is 23.0 Å². The van der Waals surface area contributed by atoms with Crippen molar-refractivity contribution in [1.29, 1.82) is 5.26 Å². The molecule has 0 spiro atoms. The van der Waals surface area contributed by atoms with Gasteiger partial charge in [-0.25, -0.2) is 0 Å². The van der Waals surface area contributed by atoms with Gasteiger partial charge in [0.15, 0.2) is 5.78 Å². The molecule has 1 aromatic rings. The highest BCUT2D eigenvalue weighted by molar-refractivity contribution is 5.98. The molecule has 3 heteroatoms. The largest absolute Gasteiger partial charge is 0.362 e. The van der Waals surface area contributed by atoms with Crippen LogP contribution in [0, 0.1) is 25.2 Å². The first kappa shape index (κ1) is 8.54. The number of carbonyl (C=O) groups is 1. The Hall–Kier alpha value is -1.56. The molecule has 1 rings (SSSR count). The number of H-pyrrole nitrogens is 1. The van der Waals surface area contributed by atoms with E-state index < -0.39 is 0 Å². The third-order valence-corrected chi connectivity index (χ3v) is 1.69. The van der Waals surface area contributed by atoms with E-state index in [2.05, 4.69) is 4.98 Å². The van der Waals surface area contributed by atoms with Crippen LogP contribution in [0.3, 0.4) is 0 Å². The van der Waals surface area contributed by atoms with E-state index >= 15 is 0 Å². The van der Waals surface area contributed by atoms with Crippen LogP contribution in [0.5, 0.6) is 0 Å². The van der Waals surface area contributed by atoms with Gasteiger partial charge in [0.1, 0.15) is 0 Å². The third-order valence-electron chi connectivity index (χ3n) is 1.69. The van der Waals surface area contributed by atoms with Gasteiger partial charge in [-0.15, -0.1) is 0 Å². The molecule has 1 heterocycles. The predicted octanol–water partition coefficient (Wildman–Crippen LogP) is 1.73. The number of Topliss-reactive ketones (excluding diaryl/α,β-unsaturated/α-hetero) is 1. The minimum Gasteiger partial charge on any atom is -0.362 e. The normalized spacial score (nSPS) is 9.42. The van der Waals surface area contributed by atoms with Crippen LogP contribution in [0.4, 0.5) is 0 Å². The minimum atomic E-state index is -0.112.